The molecular formula is C22H23BrN4O. The highest BCUT2D eigenvalue weighted by atomic mass is 79.9. The van der Waals surface area contributed by atoms with Crippen molar-refractivity contribution in [2.75, 3.05) is 20.3 Å². The van der Waals surface area contributed by atoms with Crippen molar-refractivity contribution >= 4 is 21.6 Å². The Labute approximate surface area is 172 Å². The molecule has 4 heterocycles. The maximum atomic E-state index is 5.66. The van der Waals surface area contributed by atoms with Crippen LogP contribution in [0.25, 0.3) is 5.70 Å². The van der Waals surface area contributed by atoms with Crippen LogP contribution in [0, 0.1) is 5.92 Å². The fraction of sp³-hybridized carbons (Fsp3) is 0.364. The molecule has 1 aromatic carbocycles. The quantitative estimate of drug-likeness (QED) is 0.799. The lowest BCUT2D eigenvalue weighted by molar-refractivity contribution is 0.0560. The number of aromatic nitrogens is 1. The van der Waals surface area contributed by atoms with Crippen LogP contribution in [0.2, 0.25) is 0 Å². The Hall–Kier alpha value is -2.18. The van der Waals surface area contributed by atoms with Crippen molar-refractivity contribution in [1.82, 2.24) is 15.4 Å². The second-order valence-electron chi connectivity index (χ2n) is 7.59. The van der Waals surface area contributed by atoms with Crippen molar-refractivity contribution in [3.8, 4) is 0 Å². The Kier molecular flexibility index (Phi) is 4.69. The first kappa shape index (κ1) is 17.9. The smallest absolute Gasteiger partial charge is 0.115 e. The minimum atomic E-state index is 0.0472. The van der Waals surface area contributed by atoms with E-state index in [0.717, 1.165) is 46.9 Å². The number of pyridine rings is 1. The molecule has 1 N–H and O–H groups in total. The molecule has 1 unspecified atom stereocenters. The molecule has 6 heteroatoms. The molecule has 1 saturated heterocycles. The van der Waals surface area contributed by atoms with Gasteiger partial charge in [0.05, 0.1) is 11.7 Å². The van der Waals surface area contributed by atoms with Crippen molar-refractivity contribution < 1.29 is 4.74 Å². The number of hydrogen-bond donors (Lipinski definition) is 1. The Morgan fingerprint density at radius 1 is 1.18 bits per heavy atom. The van der Waals surface area contributed by atoms with Crippen molar-refractivity contribution in [3.05, 3.63) is 75.1 Å². The van der Waals surface area contributed by atoms with Gasteiger partial charge in [0.25, 0.3) is 0 Å². The van der Waals surface area contributed by atoms with Gasteiger partial charge in [-0.25, -0.2) is 0 Å². The molecule has 5 rings (SSSR count). The number of fused-ring (bicyclic) bond motifs is 2. The van der Waals surface area contributed by atoms with E-state index in [1.54, 1.807) is 0 Å². The minimum Gasteiger partial charge on any atom is -0.381 e. The lowest BCUT2D eigenvalue weighted by atomic mass is 9.74. The van der Waals surface area contributed by atoms with Crippen LogP contribution in [-0.4, -0.2) is 36.3 Å². The van der Waals surface area contributed by atoms with Gasteiger partial charge in [-0.15, -0.1) is 0 Å². The van der Waals surface area contributed by atoms with Gasteiger partial charge in [-0.2, -0.15) is 0 Å². The van der Waals surface area contributed by atoms with Crippen LogP contribution in [0.15, 0.2) is 63.8 Å². The van der Waals surface area contributed by atoms with E-state index in [2.05, 4.69) is 67.9 Å². The zero-order chi connectivity index (χ0) is 19.1. The summed E-state index contributed by atoms with van der Waals surface area (Å²) in [6.07, 6.45) is 6.07. The molecule has 1 aromatic heterocycles. The molecule has 5 nitrogen and oxygen atoms in total. The number of nitrogens with zero attached hydrogens (tertiary/aromatic N) is 3. The third kappa shape index (κ3) is 2.95. The first-order chi connectivity index (χ1) is 13.7. The molecule has 0 spiro atoms. The van der Waals surface area contributed by atoms with Crippen LogP contribution in [0.5, 0.6) is 0 Å². The van der Waals surface area contributed by atoms with E-state index in [4.69, 9.17) is 9.73 Å². The number of ether oxygens (including phenoxy) is 1. The summed E-state index contributed by atoms with van der Waals surface area (Å²) in [7, 11) is 2.04. The summed E-state index contributed by atoms with van der Waals surface area (Å²) in [6, 6.07) is 12.9. The fourth-order valence-corrected chi connectivity index (χ4v) is 5.09. The van der Waals surface area contributed by atoms with Gasteiger partial charge in [-0.1, -0.05) is 30.3 Å². The molecule has 2 atom stereocenters. The van der Waals surface area contributed by atoms with Crippen molar-refractivity contribution in [3.63, 3.8) is 0 Å². The Morgan fingerprint density at radius 3 is 2.75 bits per heavy atom. The fourth-order valence-electron chi connectivity index (χ4n) is 4.69. The van der Waals surface area contributed by atoms with Gasteiger partial charge >= 0.3 is 0 Å². The molecule has 0 radical (unpaired) electrons. The molecule has 144 valence electrons. The summed E-state index contributed by atoms with van der Waals surface area (Å²) >= 11 is 3.70. The number of halogens is 1. The van der Waals surface area contributed by atoms with Crippen LogP contribution in [-0.2, 0) is 4.74 Å². The maximum Gasteiger partial charge on any atom is 0.115 e. The summed E-state index contributed by atoms with van der Waals surface area (Å²) in [5.74, 6) is 0.842. The first-order valence-electron chi connectivity index (χ1n) is 9.79. The SMILES string of the molecule is CN1NC=C2C1=c1nccc(Br)c1=N[C@H]2C(c1ccccc1)C1CCOCC1. The topological polar surface area (TPSA) is 49.8 Å². The number of hydrazine groups is 1. The molecule has 1 fully saturated rings. The Bertz CT molecular complexity index is 1030. The van der Waals surface area contributed by atoms with E-state index >= 15 is 0 Å². The molecule has 0 saturated carbocycles. The van der Waals surface area contributed by atoms with Gasteiger partial charge in [0, 0.05) is 48.6 Å². The van der Waals surface area contributed by atoms with E-state index in [1.165, 1.54) is 11.1 Å². The van der Waals surface area contributed by atoms with E-state index in [9.17, 15) is 0 Å². The maximum absolute atomic E-state index is 5.66. The van der Waals surface area contributed by atoms with Crippen molar-refractivity contribution in [1.29, 1.82) is 0 Å². The van der Waals surface area contributed by atoms with Crippen molar-refractivity contribution in [2.45, 2.75) is 24.8 Å². The van der Waals surface area contributed by atoms with E-state index in [-0.39, 0.29) is 6.04 Å². The number of nitrogens with one attached hydrogen (secondary N) is 1. The van der Waals surface area contributed by atoms with E-state index in [0.29, 0.717) is 11.8 Å². The highest BCUT2D eigenvalue weighted by molar-refractivity contribution is 9.10. The van der Waals surface area contributed by atoms with Gasteiger partial charge in [0.1, 0.15) is 10.7 Å². The summed E-state index contributed by atoms with van der Waals surface area (Å²) < 4.78 is 6.66. The van der Waals surface area contributed by atoms with Crippen LogP contribution < -0.4 is 16.1 Å². The predicted octanol–water partition coefficient (Wildman–Crippen LogP) is 2.50. The van der Waals surface area contributed by atoms with Crippen LogP contribution >= 0.6 is 15.9 Å². The zero-order valence-electron chi connectivity index (χ0n) is 15.8. The lowest BCUT2D eigenvalue weighted by Crippen LogP contribution is -2.44. The highest BCUT2D eigenvalue weighted by Gasteiger charge is 2.39. The van der Waals surface area contributed by atoms with Gasteiger partial charge in [-0.3, -0.25) is 15.0 Å². The normalized spacial score (nSPS) is 22.6. The molecule has 0 amide bonds. The molecule has 3 aliphatic rings. The molecule has 3 aliphatic heterocycles. The number of benzene rings is 1. The first-order valence-corrected chi connectivity index (χ1v) is 10.6. The highest BCUT2D eigenvalue weighted by Crippen LogP contribution is 2.41. The lowest BCUT2D eigenvalue weighted by Gasteiger charge is -2.36. The van der Waals surface area contributed by atoms with Gasteiger partial charge in [0.2, 0.25) is 0 Å². The number of hydrogen-bond acceptors (Lipinski definition) is 5. The van der Waals surface area contributed by atoms with E-state index in [1.807, 2.05) is 19.3 Å². The van der Waals surface area contributed by atoms with Crippen molar-refractivity contribution in [2.24, 2.45) is 10.9 Å². The standard InChI is InChI=1S/C22H23BrN4O/c1-27-22-16(13-25-27)19(26-20-17(23)7-10-24-21(20)22)18(14-5-3-2-4-6-14)15-8-11-28-12-9-15/h2-7,10,13,15,18-19,25H,8-9,11-12H2,1H3/t18?,19-/m1/s1. The number of likely N-dealkylation sites (N-methyl/N-ethyl adjacent to an activating group) is 1. The summed E-state index contributed by atoms with van der Waals surface area (Å²) in [5.41, 5.74) is 7.06. The van der Waals surface area contributed by atoms with Crippen LogP contribution in [0.3, 0.4) is 0 Å². The molecule has 0 bridgehead atoms. The van der Waals surface area contributed by atoms with Gasteiger partial charge < -0.3 is 10.2 Å². The molecular weight excluding hydrogens is 416 g/mol. The van der Waals surface area contributed by atoms with E-state index < -0.39 is 0 Å². The molecule has 0 aliphatic carbocycles. The average molecular weight is 439 g/mol. The summed E-state index contributed by atoms with van der Waals surface area (Å²) in [6.45, 7) is 1.66. The largest absolute Gasteiger partial charge is 0.381 e. The third-order valence-corrected chi connectivity index (χ3v) is 6.65. The van der Waals surface area contributed by atoms with Crippen LogP contribution in [0.4, 0.5) is 0 Å². The summed E-state index contributed by atoms with van der Waals surface area (Å²) in [4.78, 5) is 9.92. The third-order valence-electron chi connectivity index (χ3n) is 6.01. The van der Waals surface area contributed by atoms with Gasteiger partial charge in [-0.05, 0) is 46.3 Å². The molecule has 28 heavy (non-hydrogen) atoms. The van der Waals surface area contributed by atoms with Gasteiger partial charge in [0.15, 0.2) is 0 Å². The average Bonchev–Trinajstić information content (AvgIpc) is 3.13. The number of rotatable bonds is 3. The second-order valence-corrected chi connectivity index (χ2v) is 8.44. The summed E-state index contributed by atoms with van der Waals surface area (Å²) in [5, 5.41) is 3.94. The molecule has 2 aromatic rings. The predicted molar refractivity (Wildman–Crippen MR) is 112 cm³/mol. The van der Waals surface area contributed by atoms with Crippen LogP contribution in [0.1, 0.15) is 24.3 Å². The zero-order valence-corrected chi connectivity index (χ0v) is 17.4. The Morgan fingerprint density at radius 2 is 1.96 bits per heavy atom. The monoisotopic (exact) mass is 438 g/mol. The Balaban J connectivity index is 1.70. The minimum absolute atomic E-state index is 0.0472. The second kappa shape index (κ2) is 7.33.